The van der Waals surface area contributed by atoms with Crippen LogP contribution >= 0.6 is 0 Å². The van der Waals surface area contributed by atoms with Crippen molar-refractivity contribution in [3.05, 3.63) is 12.2 Å². The molecule has 17 heavy (non-hydrogen) atoms. The van der Waals surface area contributed by atoms with Crippen molar-refractivity contribution >= 4 is 12.2 Å². The van der Waals surface area contributed by atoms with Crippen molar-refractivity contribution < 1.29 is 24.5 Å². The highest BCUT2D eigenvalue weighted by atomic mass is 16.6. The van der Waals surface area contributed by atoms with Gasteiger partial charge in [0.25, 0.3) is 0 Å². The summed E-state index contributed by atoms with van der Waals surface area (Å²) in [6, 6.07) is 0.162. The minimum atomic E-state index is -1.83. The molecule has 0 saturated heterocycles. The Kier molecular flexibility index (Phi) is 6.09. The lowest BCUT2D eigenvalue weighted by molar-refractivity contribution is 0.0514. The summed E-state index contributed by atoms with van der Waals surface area (Å²) in [5, 5.41) is 16.7. The van der Waals surface area contributed by atoms with Gasteiger partial charge >= 0.3 is 12.2 Å². The van der Waals surface area contributed by atoms with Crippen LogP contribution in [0.5, 0.6) is 0 Å². The van der Waals surface area contributed by atoms with Crippen molar-refractivity contribution in [1.82, 2.24) is 5.32 Å². The molecule has 0 bridgehead atoms. The van der Waals surface area contributed by atoms with Gasteiger partial charge < -0.3 is 20.3 Å². The number of carbonyl (C=O) groups excluding carboxylic acids is 1. The standard InChI is InChI=1S/C10H17NO2.CH2O3/c1-10(2,3)13-9(12)11-8-6-4-5-7-8;2-1(3)4/h4,6,8H,5,7H2,1-3H3,(H,11,12);(H2,2,3,4)/t8-;/m1./s1. The summed E-state index contributed by atoms with van der Waals surface area (Å²) in [5.74, 6) is 0. The summed E-state index contributed by atoms with van der Waals surface area (Å²) in [6.45, 7) is 5.57. The Morgan fingerprint density at radius 1 is 1.35 bits per heavy atom. The molecule has 6 nitrogen and oxygen atoms in total. The van der Waals surface area contributed by atoms with Crippen LogP contribution in [0.3, 0.4) is 0 Å². The maximum absolute atomic E-state index is 11.2. The topological polar surface area (TPSA) is 95.9 Å². The Labute approximate surface area is 100 Å². The molecular formula is C11H19NO5. The predicted molar refractivity (Wildman–Crippen MR) is 62.2 cm³/mol. The molecule has 1 aliphatic carbocycles. The number of alkyl carbamates (subject to hydrolysis) is 1. The van der Waals surface area contributed by atoms with Crippen LogP contribution in [0.4, 0.5) is 9.59 Å². The number of ether oxygens (including phenoxy) is 1. The molecule has 0 aromatic rings. The maximum Gasteiger partial charge on any atom is 0.503 e. The van der Waals surface area contributed by atoms with E-state index in [1.165, 1.54) is 0 Å². The molecule has 0 fully saturated rings. The Morgan fingerprint density at radius 3 is 2.24 bits per heavy atom. The quantitative estimate of drug-likeness (QED) is 0.616. The number of rotatable bonds is 1. The van der Waals surface area contributed by atoms with Gasteiger partial charge in [0.1, 0.15) is 5.60 Å². The van der Waals surface area contributed by atoms with E-state index in [9.17, 15) is 4.79 Å². The molecule has 0 unspecified atom stereocenters. The lowest BCUT2D eigenvalue weighted by Crippen LogP contribution is -2.37. The third-order valence-corrected chi connectivity index (χ3v) is 1.71. The molecule has 1 rings (SSSR count). The third-order valence-electron chi connectivity index (χ3n) is 1.71. The summed E-state index contributed by atoms with van der Waals surface area (Å²) in [4.78, 5) is 19.8. The summed E-state index contributed by atoms with van der Waals surface area (Å²) in [5.41, 5.74) is -0.410. The van der Waals surface area contributed by atoms with E-state index in [-0.39, 0.29) is 12.1 Å². The van der Waals surface area contributed by atoms with Crippen LogP contribution in [0.1, 0.15) is 33.6 Å². The van der Waals surface area contributed by atoms with Gasteiger partial charge in [-0.05, 0) is 33.6 Å². The molecule has 0 radical (unpaired) electrons. The van der Waals surface area contributed by atoms with Crippen LogP contribution in [-0.4, -0.2) is 34.1 Å². The van der Waals surface area contributed by atoms with Crippen LogP contribution in [-0.2, 0) is 4.74 Å². The Morgan fingerprint density at radius 2 is 1.88 bits per heavy atom. The molecule has 0 aromatic heterocycles. The number of nitrogens with one attached hydrogen (secondary N) is 1. The van der Waals surface area contributed by atoms with E-state index in [4.69, 9.17) is 19.7 Å². The van der Waals surface area contributed by atoms with Crippen molar-refractivity contribution in [2.45, 2.75) is 45.3 Å². The molecule has 1 amide bonds. The van der Waals surface area contributed by atoms with E-state index >= 15 is 0 Å². The molecule has 98 valence electrons. The van der Waals surface area contributed by atoms with Crippen LogP contribution in [0.2, 0.25) is 0 Å². The lowest BCUT2D eigenvalue weighted by Gasteiger charge is -2.21. The molecule has 1 atom stereocenters. The second-order valence-electron chi connectivity index (χ2n) is 4.54. The molecule has 0 aromatic carbocycles. The van der Waals surface area contributed by atoms with E-state index in [1.54, 1.807) is 0 Å². The van der Waals surface area contributed by atoms with Crippen molar-refractivity contribution in [3.8, 4) is 0 Å². The maximum atomic E-state index is 11.2. The highest BCUT2D eigenvalue weighted by Gasteiger charge is 2.18. The first kappa shape index (κ1) is 15.3. The van der Waals surface area contributed by atoms with Gasteiger partial charge in [-0.25, -0.2) is 9.59 Å². The van der Waals surface area contributed by atoms with Gasteiger partial charge in [-0.1, -0.05) is 12.2 Å². The smallest absolute Gasteiger partial charge is 0.450 e. The Balaban J connectivity index is 0.000000557. The fourth-order valence-electron chi connectivity index (χ4n) is 1.21. The summed E-state index contributed by atoms with van der Waals surface area (Å²) in [6.07, 6.45) is 3.94. The molecule has 0 spiro atoms. The van der Waals surface area contributed by atoms with Gasteiger partial charge in [0.15, 0.2) is 0 Å². The number of allylic oxidation sites excluding steroid dienone is 1. The zero-order chi connectivity index (χ0) is 13.5. The molecule has 6 heteroatoms. The SMILES string of the molecule is CC(C)(C)OC(=O)N[C@@H]1C=CCC1.O=C(O)O. The number of carbonyl (C=O) groups is 2. The lowest BCUT2D eigenvalue weighted by atomic mass is 10.2. The largest absolute Gasteiger partial charge is 0.503 e. The van der Waals surface area contributed by atoms with E-state index in [1.807, 2.05) is 26.8 Å². The molecule has 0 saturated carbocycles. The average Bonchev–Trinajstić information content (AvgIpc) is 2.50. The van der Waals surface area contributed by atoms with Crippen LogP contribution in [0.15, 0.2) is 12.2 Å². The fraction of sp³-hybridized carbons (Fsp3) is 0.636. The van der Waals surface area contributed by atoms with Crippen molar-refractivity contribution in [1.29, 1.82) is 0 Å². The molecule has 0 heterocycles. The summed E-state index contributed by atoms with van der Waals surface area (Å²) >= 11 is 0. The van der Waals surface area contributed by atoms with Gasteiger partial charge in [0.2, 0.25) is 0 Å². The molecule has 0 aliphatic heterocycles. The number of amides is 1. The zero-order valence-corrected chi connectivity index (χ0v) is 10.3. The van der Waals surface area contributed by atoms with E-state index in [2.05, 4.69) is 11.4 Å². The van der Waals surface area contributed by atoms with E-state index in [0.717, 1.165) is 12.8 Å². The van der Waals surface area contributed by atoms with Gasteiger partial charge in [-0.2, -0.15) is 0 Å². The second kappa shape index (κ2) is 6.78. The summed E-state index contributed by atoms with van der Waals surface area (Å²) in [7, 11) is 0. The number of hydrogen-bond acceptors (Lipinski definition) is 3. The minimum Gasteiger partial charge on any atom is -0.450 e. The monoisotopic (exact) mass is 245 g/mol. The molecular weight excluding hydrogens is 226 g/mol. The second-order valence-corrected chi connectivity index (χ2v) is 4.54. The number of hydrogen-bond donors (Lipinski definition) is 3. The first-order valence-corrected chi connectivity index (χ1v) is 5.29. The van der Waals surface area contributed by atoms with Gasteiger partial charge in [-0.15, -0.1) is 0 Å². The number of carboxylic acid groups (broad SMARTS) is 2. The highest BCUT2D eigenvalue weighted by Crippen LogP contribution is 2.11. The zero-order valence-electron chi connectivity index (χ0n) is 10.3. The Hall–Kier alpha value is -1.72. The van der Waals surface area contributed by atoms with Gasteiger partial charge in [0, 0.05) is 0 Å². The van der Waals surface area contributed by atoms with Crippen LogP contribution < -0.4 is 5.32 Å². The minimum absolute atomic E-state index is 0.162. The van der Waals surface area contributed by atoms with Crippen LogP contribution in [0.25, 0.3) is 0 Å². The first-order chi connectivity index (χ1) is 7.70. The van der Waals surface area contributed by atoms with E-state index in [0.29, 0.717) is 0 Å². The predicted octanol–water partition coefficient (Wildman–Crippen LogP) is 2.45. The van der Waals surface area contributed by atoms with Crippen molar-refractivity contribution in [2.24, 2.45) is 0 Å². The average molecular weight is 245 g/mol. The molecule has 3 N–H and O–H groups in total. The van der Waals surface area contributed by atoms with Gasteiger partial charge in [-0.3, -0.25) is 0 Å². The highest BCUT2D eigenvalue weighted by molar-refractivity contribution is 5.68. The third kappa shape index (κ3) is 10.6. The van der Waals surface area contributed by atoms with Crippen molar-refractivity contribution in [3.63, 3.8) is 0 Å². The fourth-order valence-corrected chi connectivity index (χ4v) is 1.21. The van der Waals surface area contributed by atoms with E-state index < -0.39 is 11.8 Å². The first-order valence-electron chi connectivity index (χ1n) is 5.29. The Bertz CT molecular complexity index is 289. The van der Waals surface area contributed by atoms with Gasteiger partial charge in [0.05, 0.1) is 6.04 Å². The van der Waals surface area contributed by atoms with Crippen molar-refractivity contribution in [2.75, 3.05) is 0 Å². The normalized spacial score (nSPS) is 17.9. The molecule has 1 aliphatic rings. The van der Waals surface area contributed by atoms with Crippen LogP contribution in [0, 0.1) is 0 Å². The summed E-state index contributed by atoms with van der Waals surface area (Å²) < 4.78 is 5.12.